The number of hydrogen-bond donors (Lipinski definition) is 1. The van der Waals surface area contributed by atoms with Gasteiger partial charge in [0.05, 0.1) is 0 Å². The predicted octanol–water partition coefficient (Wildman–Crippen LogP) is 5.23. The van der Waals surface area contributed by atoms with Crippen LogP contribution in [0.3, 0.4) is 0 Å². The van der Waals surface area contributed by atoms with E-state index in [1.54, 1.807) is 12.1 Å². The third-order valence-corrected chi connectivity index (χ3v) is 5.81. The van der Waals surface area contributed by atoms with Crippen molar-refractivity contribution in [2.75, 3.05) is 13.1 Å². The Morgan fingerprint density at radius 1 is 0.926 bits per heavy atom. The van der Waals surface area contributed by atoms with Crippen molar-refractivity contribution in [3.63, 3.8) is 0 Å². The van der Waals surface area contributed by atoms with Gasteiger partial charge in [-0.15, -0.1) is 0 Å². The molecule has 3 nitrogen and oxygen atoms in total. The average molecular weight is 405 g/mol. The van der Waals surface area contributed by atoms with Crippen LogP contribution in [-0.4, -0.2) is 23.9 Å². The van der Waals surface area contributed by atoms with Gasteiger partial charge in [-0.2, -0.15) is 0 Å². The molecule has 0 spiro atoms. The molecule has 1 N–H and O–H groups in total. The van der Waals surface area contributed by atoms with Crippen LogP contribution in [0.4, 0.5) is 0 Å². The van der Waals surface area contributed by atoms with E-state index in [1.165, 1.54) is 43.5 Å². The lowest BCUT2D eigenvalue weighted by atomic mass is 10.0. The molecule has 144 valence electrons. The van der Waals surface area contributed by atoms with E-state index < -0.39 is 0 Å². The topological polar surface area (TPSA) is 32.3 Å². The Labute approximate surface area is 171 Å². The maximum atomic E-state index is 12.3. The molecular weight excluding hydrogens is 379 g/mol. The van der Waals surface area contributed by atoms with Crippen LogP contribution < -0.4 is 5.32 Å². The van der Waals surface area contributed by atoms with E-state index in [9.17, 15) is 4.79 Å². The van der Waals surface area contributed by atoms with Gasteiger partial charge in [0.1, 0.15) is 0 Å². The lowest BCUT2D eigenvalue weighted by Gasteiger charge is -2.27. The van der Waals surface area contributed by atoms with Crippen molar-refractivity contribution in [3.8, 4) is 0 Å². The first-order valence-corrected chi connectivity index (χ1v) is 10.4. The van der Waals surface area contributed by atoms with Gasteiger partial charge in [0.25, 0.3) is 0 Å². The van der Waals surface area contributed by atoms with Crippen molar-refractivity contribution >= 4 is 29.1 Å². The first kappa shape index (κ1) is 20.2. The second kappa shape index (κ2) is 10.1. The molecule has 27 heavy (non-hydrogen) atoms. The van der Waals surface area contributed by atoms with E-state index in [0.29, 0.717) is 29.4 Å². The van der Waals surface area contributed by atoms with Crippen LogP contribution in [0.2, 0.25) is 10.0 Å². The zero-order valence-corrected chi connectivity index (χ0v) is 17.0. The van der Waals surface area contributed by atoms with Crippen LogP contribution in [0.25, 0.3) is 0 Å². The fourth-order valence-corrected chi connectivity index (χ4v) is 4.12. The highest BCUT2D eigenvalue weighted by atomic mass is 35.5. The quantitative estimate of drug-likeness (QED) is 0.684. The van der Waals surface area contributed by atoms with Gasteiger partial charge < -0.3 is 5.32 Å². The Bertz CT molecular complexity index is 752. The first-order valence-electron chi connectivity index (χ1n) is 9.62. The largest absolute Gasteiger partial charge is 0.352 e. The van der Waals surface area contributed by atoms with Crippen LogP contribution in [0.1, 0.15) is 42.4 Å². The molecule has 1 heterocycles. The Hall–Kier alpha value is -1.55. The van der Waals surface area contributed by atoms with Crippen LogP contribution in [0.5, 0.6) is 0 Å². The zero-order chi connectivity index (χ0) is 19.1. The second-order valence-corrected chi connectivity index (χ2v) is 7.90. The average Bonchev–Trinajstić information content (AvgIpc) is 2.68. The van der Waals surface area contributed by atoms with Gasteiger partial charge in [0, 0.05) is 29.6 Å². The van der Waals surface area contributed by atoms with Gasteiger partial charge in [0.15, 0.2) is 0 Å². The fourth-order valence-electron chi connectivity index (χ4n) is 3.53. The molecule has 1 fully saturated rings. The number of hydrogen-bond acceptors (Lipinski definition) is 2. The lowest BCUT2D eigenvalue weighted by molar-refractivity contribution is -0.121. The molecule has 1 aliphatic rings. The van der Waals surface area contributed by atoms with E-state index in [0.717, 1.165) is 12.1 Å². The molecule has 0 radical (unpaired) electrons. The molecule has 1 saturated heterocycles. The van der Waals surface area contributed by atoms with E-state index in [2.05, 4.69) is 28.4 Å². The molecule has 0 unspecified atom stereocenters. The first-order chi connectivity index (χ1) is 13.1. The zero-order valence-electron chi connectivity index (χ0n) is 15.5. The Balaban J connectivity index is 1.52. The molecule has 0 atom stereocenters. The van der Waals surface area contributed by atoms with Crippen molar-refractivity contribution in [3.05, 3.63) is 69.2 Å². The van der Waals surface area contributed by atoms with Crippen molar-refractivity contribution in [2.24, 2.45) is 0 Å². The molecule has 1 amide bonds. The monoisotopic (exact) mass is 404 g/mol. The Morgan fingerprint density at radius 3 is 2.30 bits per heavy atom. The van der Waals surface area contributed by atoms with E-state index in [1.807, 2.05) is 12.1 Å². The summed E-state index contributed by atoms with van der Waals surface area (Å²) in [6.07, 6.45) is 4.81. The number of amides is 1. The summed E-state index contributed by atoms with van der Waals surface area (Å²) in [5.41, 5.74) is 3.32. The minimum absolute atomic E-state index is 0.0127. The number of piperidine rings is 1. The van der Waals surface area contributed by atoms with Crippen LogP contribution in [0, 0.1) is 0 Å². The maximum absolute atomic E-state index is 12.3. The molecule has 2 aromatic rings. The van der Waals surface area contributed by atoms with E-state index in [-0.39, 0.29) is 5.91 Å². The molecular formula is C22H26Cl2N2O. The van der Waals surface area contributed by atoms with Gasteiger partial charge >= 0.3 is 0 Å². The minimum atomic E-state index is 0.0127. The fraction of sp³-hybridized carbons (Fsp3) is 0.409. The van der Waals surface area contributed by atoms with Gasteiger partial charge in [-0.05, 0) is 61.2 Å². The van der Waals surface area contributed by atoms with Gasteiger partial charge in [-0.1, -0.05) is 60.0 Å². The standard InChI is InChI=1S/C22H26Cl2N2O/c23-20-9-6-10-21(24)19(20)11-12-22(27)25-15-17-7-2-3-8-18(17)16-26-13-4-1-5-14-26/h2-3,6-10H,1,4-5,11-16H2,(H,25,27). The number of benzene rings is 2. The predicted molar refractivity (Wildman–Crippen MR) is 112 cm³/mol. The molecule has 5 heteroatoms. The van der Waals surface area contributed by atoms with Crippen molar-refractivity contribution in [1.82, 2.24) is 10.2 Å². The van der Waals surface area contributed by atoms with Crippen LogP contribution in [-0.2, 0) is 24.3 Å². The second-order valence-electron chi connectivity index (χ2n) is 7.08. The highest BCUT2D eigenvalue weighted by Crippen LogP contribution is 2.25. The molecule has 3 rings (SSSR count). The van der Waals surface area contributed by atoms with E-state index in [4.69, 9.17) is 23.2 Å². The summed E-state index contributed by atoms with van der Waals surface area (Å²) in [6, 6.07) is 13.8. The van der Waals surface area contributed by atoms with E-state index >= 15 is 0 Å². The van der Waals surface area contributed by atoms with Crippen molar-refractivity contribution in [2.45, 2.75) is 45.2 Å². The summed E-state index contributed by atoms with van der Waals surface area (Å²) in [4.78, 5) is 14.8. The van der Waals surface area contributed by atoms with Gasteiger partial charge in [-0.3, -0.25) is 9.69 Å². The third kappa shape index (κ3) is 5.97. The molecule has 0 aromatic heterocycles. The number of carbonyl (C=O) groups is 1. The number of nitrogens with one attached hydrogen (secondary N) is 1. The molecule has 0 bridgehead atoms. The smallest absolute Gasteiger partial charge is 0.220 e. The number of nitrogens with zero attached hydrogens (tertiary/aromatic N) is 1. The van der Waals surface area contributed by atoms with Crippen molar-refractivity contribution in [1.29, 1.82) is 0 Å². The summed E-state index contributed by atoms with van der Waals surface area (Å²) in [6.45, 7) is 3.85. The number of rotatable bonds is 7. The highest BCUT2D eigenvalue weighted by molar-refractivity contribution is 6.36. The Morgan fingerprint density at radius 2 is 1.59 bits per heavy atom. The SMILES string of the molecule is O=C(CCc1c(Cl)cccc1Cl)NCc1ccccc1CN1CCCCC1. The number of halogens is 2. The molecule has 0 aliphatic carbocycles. The van der Waals surface area contributed by atoms with Crippen LogP contribution in [0.15, 0.2) is 42.5 Å². The normalized spacial score (nSPS) is 14.9. The third-order valence-electron chi connectivity index (χ3n) is 5.10. The van der Waals surface area contributed by atoms with Crippen LogP contribution >= 0.6 is 23.2 Å². The Kier molecular flexibility index (Phi) is 7.57. The number of carbonyl (C=O) groups excluding carboxylic acids is 1. The summed E-state index contributed by atoms with van der Waals surface area (Å²) in [7, 11) is 0. The minimum Gasteiger partial charge on any atom is -0.352 e. The van der Waals surface area contributed by atoms with Gasteiger partial charge in [0.2, 0.25) is 5.91 Å². The lowest BCUT2D eigenvalue weighted by Crippen LogP contribution is -2.30. The molecule has 1 aliphatic heterocycles. The summed E-state index contributed by atoms with van der Waals surface area (Å²) in [5, 5.41) is 4.27. The summed E-state index contributed by atoms with van der Waals surface area (Å²) < 4.78 is 0. The van der Waals surface area contributed by atoms with Gasteiger partial charge in [-0.25, -0.2) is 0 Å². The van der Waals surface area contributed by atoms with Crippen molar-refractivity contribution < 1.29 is 4.79 Å². The number of likely N-dealkylation sites (tertiary alicyclic amines) is 1. The highest BCUT2D eigenvalue weighted by Gasteiger charge is 2.13. The summed E-state index contributed by atoms with van der Waals surface area (Å²) >= 11 is 12.4. The molecule has 2 aromatic carbocycles. The molecule has 0 saturated carbocycles. The summed E-state index contributed by atoms with van der Waals surface area (Å²) in [5.74, 6) is 0.0127. The maximum Gasteiger partial charge on any atom is 0.220 e.